The molecule has 126 valence electrons. The van der Waals surface area contributed by atoms with E-state index in [-0.39, 0.29) is 0 Å². The van der Waals surface area contributed by atoms with Crippen LogP contribution in [-0.4, -0.2) is 6.21 Å². The molecular weight excluding hydrogens is 332 g/mol. The van der Waals surface area contributed by atoms with Gasteiger partial charge in [-0.1, -0.05) is 72.3 Å². The van der Waals surface area contributed by atoms with E-state index in [1.54, 1.807) is 6.21 Å². The number of hydrazone groups is 1. The Balaban J connectivity index is 1.60. The molecule has 0 heterocycles. The summed E-state index contributed by atoms with van der Waals surface area (Å²) >= 11 is 6.17. The fourth-order valence-electron chi connectivity index (χ4n) is 2.34. The van der Waals surface area contributed by atoms with Crippen molar-refractivity contribution in [3.8, 4) is 5.75 Å². The summed E-state index contributed by atoms with van der Waals surface area (Å²) in [5.74, 6) is 0.771. The third-order valence-electron chi connectivity index (χ3n) is 3.68. The van der Waals surface area contributed by atoms with Gasteiger partial charge in [-0.2, -0.15) is 5.10 Å². The van der Waals surface area contributed by atoms with Crippen LogP contribution >= 0.6 is 11.6 Å². The number of ether oxygens (including phenoxy) is 1. The standard InChI is InChI=1S/C21H19ClN2O/c22-20-12-6-4-11-19(20)16-25-21-13-7-5-10-18(21)15-24-23-14-17-8-2-1-3-9-17/h1-13,15,23H,14,16H2. The number of hydrogen-bond donors (Lipinski definition) is 1. The molecule has 3 rings (SSSR count). The Hall–Kier alpha value is -2.78. The van der Waals surface area contributed by atoms with E-state index in [4.69, 9.17) is 16.3 Å². The maximum absolute atomic E-state index is 6.17. The Kier molecular flexibility index (Phi) is 6.07. The zero-order valence-electron chi connectivity index (χ0n) is 13.7. The average Bonchev–Trinajstić information content (AvgIpc) is 2.66. The molecule has 0 saturated carbocycles. The maximum atomic E-state index is 6.17. The van der Waals surface area contributed by atoms with Crippen LogP contribution in [0.25, 0.3) is 0 Å². The summed E-state index contributed by atoms with van der Waals surface area (Å²) in [6.07, 6.45) is 1.77. The predicted octanol–water partition coefficient (Wildman–Crippen LogP) is 5.04. The lowest BCUT2D eigenvalue weighted by atomic mass is 10.2. The van der Waals surface area contributed by atoms with Gasteiger partial charge in [0.1, 0.15) is 12.4 Å². The second-order valence-corrected chi connectivity index (χ2v) is 5.90. The molecule has 0 atom stereocenters. The van der Waals surface area contributed by atoms with E-state index in [1.165, 1.54) is 5.56 Å². The first kappa shape index (κ1) is 17.1. The Morgan fingerprint density at radius 2 is 1.60 bits per heavy atom. The third kappa shape index (κ3) is 5.10. The summed E-state index contributed by atoms with van der Waals surface area (Å²) in [5, 5.41) is 5.00. The number of nitrogens with one attached hydrogen (secondary N) is 1. The summed E-state index contributed by atoms with van der Waals surface area (Å²) in [7, 11) is 0. The highest BCUT2D eigenvalue weighted by Crippen LogP contribution is 2.20. The number of rotatable bonds is 7. The monoisotopic (exact) mass is 350 g/mol. The van der Waals surface area contributed by atoms with Crippen LogP contribution in [0.4, 0.5) is 0 Å². The fraction of sp³-hybridized carbons (Fsp3) is 0.0952. The molecule has 0 aliphatic heterocycles. The zero-order chi connectivity index (χ0) is 17.3. The van der Waals surface area contributed by atoms with E-state index in [2.05, 4.69) is 22.7 Å². The summed E-state index contributed by atoms with van der Waals surface area (Å²) < 4.78 is 5.92. The van der Waals surface area contributed by atoms with E-state index in [0.717, 1.165) is 16.9 Å². The highest BCUT2D eigenvalue weighted by molar-refractivity contribution is 6.31. The molecule has 0 amide bonds. The van der Waals surface area contributed by atoms with Crippen LogP contribution < -0.4 is 10.2 Å². The van der Waals surface area contributed by atoms with Gasteiger partial charge in [0, 0.05) is 16.1 Å². The van der Waals surface area contributed by atoms with Gasteiger partial charge in [0.2, 0.25) is 0 Å². The van der Waals surface area contributed by atoms with E-state index in [9.17, 15) is 0 Å². The minimum absolute atomic E-state index is 0.419. The quantitative estimate of drug-likeness (QED) is 0.478. The Labute approximate surface area is 152 Å². The number of nitrogens with zero attached hydrogens (tertiary/aromatic N) is 1. The molecule has 0 radical (unpaired) electrons. The molecular formula is C21H19ClN2O. The highest BCUT2D eigenvalue weighted by atomic mass is 35.5. The highest BCUT2D eigenvalue weighted by Gasteiger charge is 2.03. The molecule has 25 heavy (non-hydrogen) atoms. The summed E-state index contributed by atoms with van der Waals surface area (Å²) in [4.78, 5) is 0. The summed E-state index contributed by atoms with van der Waals surface area (Å²) in [6, 6.07) is 25.6. The maximum Gasteiger partial charge on any atom is 0.128 e. The van der Waals surface area contributed by atoms with Crippen molar-refractivity contribution in [3.05, 3.63) is 101 Å². The van der Waals surface area contributed by atoms with Crippen LogP contribution in [0.5, 0.6) is 5.75 Å². The van der Waals surface area contributed by atoms with Crippen LogP contribution in [0.2, 0.25) is 5.02 Å². The van der Waals surface area contributed by atoms with Gasteiger partial charge in [-0.15, -0.1) is 0 Å². The molecule has 0 unspecified atom stereocenters. The molecule has 3 nitrogen and oxygen atoms in total. The van der Waals surface area contributed by atoms with Gasteiger partial charge in [-0.05, 0) is 23.8 Å². The van der Waals surface area contributed by atoms with Crippen LogP contribution in [0, 0.1) is 0 Å². The van der Waals surface area contributed by atoms with Crippen LogP contribution in [0.15, 0.2) is 84.0 Å². The van der Waals surface area contributed by atoms with Gasteiger partial charge in [0.25, 0.3) is 0 Å². The van der Waals surface area contributed by atoms with Crippen molar-refractivity contribution >= 4 is 17.8 Å². The Morgan fingerprint density at radius 1 is 0.880 bits per heavy atom. The number of para-hydroxylation sites is 1. The van der Waals surface area contributed by atoms with Gasteiger partial charge >= 0.3 is 0 Å². The van der Waals surface area contributed by atoms with Gasteiger partial charge in [0.15, 0.2) is 0 Å². The molecule has 3 aromatic carbocycles. The molecule has 0 aromatic heterocycles. The van der Waals surface area contributed by atoms with E-state index in [1.807, 2.05) is 66.7 Å². The lowest BCUT2D eigenvalue weighted by Gasteiger charge is -2.10. The van der Waals surface area contributed by atoms with Crippen molar-refractivity contribution < 1.29 is 4.74 Å². The molecule has 3 aromatic rings. The molecule has 0 aliphatic carbocycles. The van der Waals surface area contributed by atoms with Gasteiger partial charge in [-0.25, -0.2) is 0 Å². The largest absolute Gasteiger partial charge is 0.488 e. The first-order valence-electron chi connectivity index (χ1n) is 8.08. The lowest BCUT2D eigenvalue weighted by Crippen LogP contribution is -2.06. The number of halogens is 1. The van der Waals surface area contributed by atoms with Crippen LogP contribution in [0.1, 0.15) is 16.7 Å². The molecule has 4 heteroatoms. The Morgan fingerprint density at radius 3 is 2.44 bits per heavy atom. The normalized spacial score (nSPS) is 10.8. The number of hydrogen-bond acceptors (Lipinski definition) is 3. The second kappa shape index (κ2) is 8.90. The second-order valence-electron chi connectivity index (χ2n) is 5.50. The topological polar surface area (TPSA) is 33.6 Å². The fourth-order valence-corrected chi connectivity index (χ4v) is 2.53. The minimum atomic E-state index is 0.419. The van der Waals surface area contributed by atoms with Gasteiger partial charge < -0.3 is 10.2 Å². The zero-order valence-corrected chi connectivity index (χ0v) is 14.5. The molecule has 0 spiro atoms. The van der Waals surface area contributed by atoms with Crippen molar-refractivity contribution in [2.24, 2.45) is 5.10 Å². The van der Waals surface area contributed by atoms with Crippen molar-refractivity contribution in [2.45, 2.75) is 13.2 Å². The smallest absolute Gasteiger partial charge is 0.128 e. The van der Waals surface area contributed by atoms with Crippen LogP contribution in [-0.2, 0) is 13.2 Å². The van der Waals surface area contributed by atoms with Crippen molar-refractivity contribution in [1.82, 2.24) is 5.43 Å². The van der Waals surface area contributed by atoms with E-state index < -0.39 is 0 Å². The van der Waals surface area contributed by atoms with Crippen LogP contribution in [0.3, 0.4) is 0 Å². The van der Waals surface area contributed by atoms with E-state index >= 15 is 0 Å². The Bertz CT molecular complexity index is 834. The molecule has 0 bridgehead atoms. The first-order chi connectivity index (χ1) is 12.3. The van der Waals surface area contributed by atoms with Crippen molar-refractivity contribution in [3.63, 3.8) is 0 Å². The lowest BCUT2D eigenvalue weighted by molar-refractivity contribution is 0.306. The third-order valence-corrected chi connectivity index (χ3v) is 4.05. The molecule has 1 N–H and O–H groups in total. The van der Waals surface area contributed by atoms with Crippen molar-refractivity contribution in [2.75, 3.05) is 0 Å². The predicted molar refractivity (Wildman–Crippen MR) is 103 cm³/mol. The molecule has 0 fully saturated rings. The number of benzene rings is 3. The first-order valence-corrected chi connectivity index (χ1v) is 8.46. The SMILES string of the molecule is Clc1ccccc1COc1ccccc1C=NNCc1ccccc1. The molecule has 0 saturated heterocycles. The van der Waals surface area contributed by atoms with E-state index in [0.29, 0.717) is 18.2 Å². The minimum Gasteiger partial charge on any atom is -0.488 e. The van der Waals surface area contributed by atoms with Gasteiger partial charge in [0.05, 0.1) is 12.8 Å². The summed E-state index contributed by atoms with van der Waals surface area (Å²) in [5.41, 5.74) is 6.11. The van der Waals surface area contributed by atoms with Crippen molar-refractivity contribution in [1.29, 1.82) is 0 Å². The van der Waals surface area contributed by atoms with Gasteiger partial charge in [-0.3, -0.25) is 0 Å². The molecule has 0 aliphatic rings. The summed E-state index contributed by atoms with van der Waals surface area (Å²) in [6.45, 7) is 1.10. The average molecular weight is 351 g/mol.